The van der Waals surface area contributed by atoms with Gasteiger partial charge in [0.15, 0.2) is 0 Å². The van der Waals surface area contributed by atoms with Gasteiger partial charge >= 0.3 is 0 Å². The third-order valence-corrected chi connectivity index (χ3v) is 3.83. The summed E-state index contributed by atoms with van der Waals surface area (Å²) in [5.74, 6) is 1.39. The fourth-order valence-corrected chi connectivity index (χ4v) is 2.84. The molecule has 1 aromatic heterocycles. The number of rotatable bonds is 6. The Hall–Kier alpha value is -1.01. The van der Waals surface area contributed by atoms with Gasteiger partial charge in [-0.3, -0.25) is 4.21 Å². The van der Waals surface area contributed by atoms with Gasteiger partial charge in [0.2, 0.25) is 0 Å². The lowest BCUT2D eigenvalue weighted by Gasteiger charge is -2.18. The number of hydrogen-bond donors (Lipinski definition) is 2. The van der Waals surface area contributed by atoms with Crippen LogP contribution >= 0.6 is 12.2 Å². The van der Waals surface area contributed by atoms with Gasteiger partial charge in [-0.1, -0.05) is 12.2 Å². The number of nitrogens with two attached hydrogens (primary N) is 1. The predicted molar refractivity (Wildman–Crippen MR) is 86.2 cm³/mol. The third kappa shape index (κ3) is 4.87. The van der Waals surface area contributed by atoms with Gasteiger partial charge in [-0.15, -0.1) is 0 Å². The van der Waals surface area contributed by atoms with E-state index in [4.69, 9.17) is 18.0 Å². The molecule has 0 amide bonds. The van der Waals surface area contributed by atoms with Crippen LogP contribution in [0.4, 0.5) is 5.82 Å². The minimum absolute atomic E-state index is 0.172. The fraction of sp³-hybridized carbons (Fsp3) is 0.538. The van der Waals surface area contributed by atoms with Crippen molar-refractivity contribution in [2.45, 2.75) is 33.2 Å². The topological polar surface area (TPSA) is 68.0 Å². The second-order valence-corrected chi connectivity index (χ2v) is 6.77. The van der Waals surface area contributed by atoms with Crippen molar-refractivity contribution < 1.29 is 4.21 Å². The first-order chi connectivity index (χ1) is 8.81. The van der Waals surface area contributed by atoms with Crippen molar-refractivity contribution in [3.63, 3.8) is 0 Å². The van der Waals surface area contributed by atoms with Crippen LogP contribution in [0.2, 0.25) is 0 Å². The van der Waals surface area contributed by atoms with Crippen LogP contribution in [0.15, 0.2) is 6.07 Å². The number of nitrogens with zero attached hydrogens (tertiary/aromatic N) is 1. The van der Waals surface area contributed by atoms with E-state index in [0.29, 0.717) is 10.7 Å². The first kappa shape index (κ1) is 16.0. The van der Waals surface area contributed by atoms with Gasteiger partial charge in [0, 0.05) is 34.5 Å². The second-order valence-electron chi connectivity index (χ2n) is 4.78. The van der Waals surface area contributed by atoms with Crippen molar-refractivity contribution in [3.05, 3.63) is 22.9 Å². The molecule has 0 spiro atoms. The monoisotopic (exact) mass is 299 g/mol. The van der Waals surface area contributed by atoms with E-state index >= 15 is 0 Å². The van der Waals surface area contributed by atoms with Gasteiger partial charge in [0.25, 0.3) is 0 Å². The SMILES string of the molecule is Cc1cc(C)c(C(N)=S)c(NC(C)CCS(C)=O)n1. The molecule has 1 aromatic rings. The van der Waals surface area contributed by atoms with Crippen molar-refractivity contribution in [1.82, 2.24) is 4.98 Å². The van der Waals surface area contributed by atoms with Crippen LogP contribution in [0, 0.1) is 13.8 Å². The Morgan fingerprint density at radius 3 is 2.74 bits per heavy atom. The van der Waals surface area contributed by atoms with Gasteiger partial charge in [-0.25, -0.2) is 4.98 Å². The zero-order valence-electron chi connectivity index (χ0n) is 11.8. The molecular formula is C13H21N3OS2. The lowest BCUT2D eigenvalue weighted by molar-refractivity contribution is 0.678. The molecule has 0 saturated heterocycles. The largest absolute Gasteiger partial charge is 0.389 e. The first-order valence-corrected chi connectivity index (χ1v) is 8.29. The van der Waals surface area contributed by atoms with Crippen molar-refractivity contribution in [2.75, 3.05) is 17.3 Å². The molecule has 1 rings (SSSR count). The minimum Gasteiger partial charge on any atom is -0.389 e. The molecule has 6 heteroatoms. The van der Waals surface area contributed by atoms with Crippen LogP contribution < -0.4 is 11.1 Å². The Morgan fingerprint density at radius 1 is 1.58 bits per heavy atom. The summed E-state index contributed by atoms with van der Waals surface area (Å²) in [6.45, 7) is 5.95. The first-order valence-electron chi connectivity index (χ1n) is 6.16. The lowest BCUT2D eigenvalue weighted by atomic mass is 10.1. The molecule has 4 nitrogen and oxygen atoms in total. The Bertz CT molecular complexity index is 503. The molecule has 0 aliphatic carbocycles. The quantitative estimate of drug-likeness (QED) is 0.785. The second kappa shape index (κ2) is 6.96. The highest BCUT2D eigenvalue weighted by molar-refractivity contribution is 7.84. The summed E-state index contributed by atoms with van der Waals surface area (Å²) in [5.41, 5.74) is 8.51. The number of anilines is 1. The highest BCUT2D eigenvalue weighted by Gasteiger charge is 2.13. The van der Waals surface area contributed by atoms with Crippen molar-refractivity contribution >= 4 is 33.8 Å². The van der Waals surface area contributed by atoms with E-state index in [1.165, 1.54) is 0 Å². The van der Waals surface area contributed by atoms with Gasteiger partial charge in [0.05, 0.1) is 5.56 Å². The molecule has 0 bridgehead atoms. The van der Waals surface area contributed by atoms with Crippen LogP contribution in [0.25, 0.3) is 0 Å². The molecule has 19 heavy (non-hydrogen) atoms. The highest BCUT2D eigenvalue weighted by Crippen LogP contribution is 2.20. The Labute approximate surface area is 122 Å². The Morgan fingerprint density at radius 2 is 2.21 bits per heavy atom. The summed E-state index contributed by atoms with van der Waals surface area (Å²) in [4.78, 5) is 4.81. The van der Waals surface area contributed by atoms with Crippen molar-refractivity contribution in [3.8, 4) is 0 Å². The van der Waals surface area contributed by atoms with E-state index in [2.05, 4.69) is 10.3 Å². The standard InChI is InChI=1S/C13H21N3OS2/c1-8-7-10(3)16-13(11(8)12(14)18)15-9(2)5-6-19(4)17/h7,9H,5-6H2,1-4H3,(H2,14,18)(H,15,16). The maximum Gasteiger partial charge on any atom is 0.136 e. The molecule has 0 aliphatic rings. The number of aryl methyl sites for hydroxylation is 2. The minimum atomic E-state index is -0.778. The van der Waals surface area contributed by atoms with Gasteiger partial charge < -0.3 is 11.1 Å². The van der Waals surface area contributed by atoms with Gasteiger partial charge in [-0.05, 0) is 38.8 Å². The van der Waals surface area contributed by atoms with Crippen molar-refractivity contribution in [2.24, 2.45) is 5.73 Å². The van der Waals surface area contributed by atoms with Crippen molar-refractivity contribution in [1.29, 1.82) is 0 Å². The maximum atomic E-state index is 11.1. The molecule has 0 saturated carbocycles. The van der Waals surface area contributed by atoms with E-state index in [9.17, 15) is 4.21 Å². The van der Waals surface area contributed by atoms with E-state index < -0.39 is 10.8 Å². The average molecular weight is 299 g/mol. The van der Waals surface area contributed by atoms with Gasteiger partial charge in [0.1, 0.15) is 10.8 Å². The Balaban J connectivity index is 2.93. The van der Waals surface area contributed by atoms with E-state index in [0.717, 1.165) is 29.1 Å². The molecule has 0 aliphatic heterocycles. The Kier molecular flexibility index (Phi) is 5.87. The molecule has 1 heterocycles. The molecule has 0 radical (unpaired) electrons. The van der Waals surface area contributed by atoms with Crippen LogP contribution in [0.5, 0.6) is 0 Å². The number of thiocarbonyl (C=S) groups is 1. The fourth-order valence-electron chi connectivity index (χ4n) is 1.90. The number of aromatic nitrogens is 1. The number of hydrogen-bond acceptors (Lipinski definition) is 4. The van der Waals surface area contributed by atoms with E-state index in [1.807, 2.05) is 26.8 Å². The summed E-state index contributed by atoms with van der Waals surface area (Å²) in [5, 5.41) is 3.32. The summed E-state index contributed by atoms with van der Waals surface area (Å²) < 4.78 is 11.1. The molecule has 2 atom stereocenters. The summed E-state index contributed by atoms with van der Waals surface area (Å²) in [6, 6.07) is 2.14. The van der Waals surface area contributed by atoms with E-state index in [1.54, 1.807) is 6.26 Å². The number of pyridine rings is 1. The molecular weight excluding hydrogens is 278 g/mol. The smallest absolute Gasteiger partial charge is 0.136 e. The summed E-state index contributed by atoms with van der Waals surface area (Å²) in [7, 11) is -0.778. The van der Waals surface area contributed by atoms with Gasteiger partial charge in [-0.2, -0.15) is 0 Å². The lowest BCUT2D eigenvalue weighted by Crippen LogP contribution is -2.23. The highest BCUT2D eigenvalue weighted by atomic mass is 32.2. The zero-order valence-corrected chi connectivity index (χ0v) is 13.5. The summed E-state index contributed by atoms with van der Waals surface area (Å²) in [6.07, 6.45) is 2.52. The molecule has 3 N–H and O–H groups in total. The summed E-state index contributed by atoms with van der Waals surface area (Å²) >= 11 is 5.09. The van der Waals surface area contributed by atoms with E-state index in [-0.39, 0.29) is 6.04 Å². The molecule has 0 aromatic carbocycles. The maximum absolute atomic E-state index is 11.1. The van der Waals surface area contributed by atoms with Crippen LogP contribution in [-0.2, 0) is 10.8 Å². The normalized spacial score (nSPS) is 13.9. The number of nitrogens with one attached hydrogen (secondary N) is 1. The average Bonchev–Trinajstić information content (AvgIpc) is 2.24. The molecule has 2 unspecified atom stereocenters. The molecule has 0 fully saturated rings. The zero-order chi connectivity index (χ0) is 14.6. The van der Waals surface area contributed by atoms with Crippen LogP contribution in [-0.4, -0.2) is 32.2 Å². The third-order valence-electron chi connectivity index (χ3n) is 2.81. The van der Waals surface area contributed by atoms with Crippen LogP contribution in [0.3, 0.4) is 0 Å². The van der Waals surface area contributed by atoms with Crippen LogP contribution in [0.1, 0.15) is 30.2 Å². The molecule has 106 valence electrons. The predicted octanol–water partition coefficient (Wildman–Crippen LogP) is 1.90.